The Hall–Kier alpha value is -3.34. The number of aliphatic carboxylic acids is 2. The van der Waals surface area contributed by atoms with Gasteiger partial charge in [-0.15, -0.1) is 0 Å². The van der Waals surface area contributed by atoms with Crippen molar-refractivity contribution in [3.8, 4) is 0 Å². The van der Waals surface area contributed by atoms with Crippen molar-refractivity contribution in [2.75, 3.05) is 25.0 Å². The first-order chi connectivity index (χ1) is 12.8. The Labute approximate surface area is 152 Å². The molecule has 10 nitrogen and oxygen atoms in total. The first kappa shape index (κ1) is 20.0. The fraction of sp³-hybridized carbons (Fsp3) is 0.312. The van der Waals surface area contributed by atoms with Gasteiger partial charge in [-0.2, -0.15) is 4.98 Å². The molecule has 0 atom stereocenters. The van der Waals surface area contributed by atoms with Gasteiger partial charge in [0.15, 0.2) is 5.82 Å². The van der Waals surface area contributed by atoms with Crippen LogP contribution < -0.4 is 5.32 Å². The molecule has 11 heteroatoms. The van der Waals surface area contributed by atoms with Crippen molar-refractivity contribution >= 4 is 23.5 Å². The second kappa shape index (κ2) is 8.85. The number of carbonyl (C=O) groups excluding carboxylic acids is 1. The SMILES string of the molecule is Cc1noc(C2CN(CC(=O)Nc3ccccc3F)C2)n1.O=C(O)C(=O)O. The van der Waals surface area contributed by atoms with Gasteiger partial charge in [0.2, 0.25) is 11.8 Å². The average Bonchev–Trinajstić information content (AvgIpc) is 2.99. The second-order valence-corrected chi connectivity index (χ2v) is 5.71. The largest absolute Gasteiger partial charge is 0.473 e. The van der Waals surface area contributed by atoms with Crippen LogP contribution >= 0.6 is 0 Å². The molecule has 2 aromatic rings. The van der Waals surface area contributed by atoms with Crippen LogP contribution in [0.25, 0.3) is 0 Å². The standard InChI is InChI=1S/C14H15FN4O2.C2H2O4/c1-9-16-14(21-18-9)10-6-19(7-10)8-13(20)17-12-5-3-2-4-11(12)15;3-1(4)2(5)6/h2-5,10H,6-8H2,1H3,(H,17,20);(H,3,4)(H,5,6). The Balaban J connectivity index is 0.000000380. The third-order valence-corrected chi connectivity index (χ3v) is 3.55. The van der Waals surface area contributed by atoms with E-state index < -0.39 is 17.8 Å². The number of nitrogens with one attached hydrogen (secondary N) is 1. The van der Waals surface area contributed by atoms with E-state index in [4.69, 9.17) is 24.3 Å². The number of carboxylic acid groups (broad SMARTS) is 2. The van der Waals surface area contributed by atoms with Crippen molar-refractivity contribution < 1.29 is 33.5 Å². The lowest BCUT2D eigenvalue weighted by molar-refractivity contribution is -0.159. The summed E-state index contributed by atoms with van der Waals surface area (Å²) in [6.45, 7) is 3.36. The van der Waals surface area contributed by atoms with Crippen molar-refractivity contribution in [1.29, 1.82) is 0 Å². The Morgan fingerprint density at radius 1 is 1.26 bits per heavy atom. The molecular weight excluding hydrogens is 363 g/mol. The van der Waals surface area contributed by atoms with Gasteiger partial charge in [0.05, 0.1) is 18.2 Å². The quantitative estimate of drug-likeness (QED) is 0.653. The number of para-hydroxylation sites is 1. The van der Waals surface area contributed by atoms with Crippen LogP contribution in [0.4, 0.5) is 10.1 Å². The lowest BCUT2D eigenvalue weighted by atomic mass is 10.0. The summed E-state index contributed by atoms with van der Waals surface area (Å²) in [6.07, 6.45) is 0. The summed E-state index contributed by atoms with van der Waals surface area (Å²) < 4.78 is 18.5. The molecule has 1 aromatic heterocycles. The van der Waals surface area contributed by atoms with Gasteiger partial charge in [-0.25, -0.2) is 14.0 Å². The second-order valence-electron chi connectivity index (χ2n) is 5.71. The topological polar surface area (TPSA) is 146 Å². The molecule has 1 aromatic carbocycles. The lowest BCUT2D eigenvalue weighted by Crippen LogP contribution is -2.48. The summed E-state index contributed by atoms with van der Waals surface area (Å²) in [5, 5.41) is 21.1. The number of likely N-dealkylation sites (tertiary alicyclic amines) is 1. The molecule has 1 fully saturated rings. The van der Waals surface area contributed by atoms with Gasteiger partial charge in [0, 0.05) is 13.1 Å². The Morgan fingerprint density at radius 3 is 2.41 bits per heavy atom. The van der Waals surface area contributed by atoms with Gasteiger partial charge in [-0.05, 0) is 19.1 Å². The van der Waals surface area contributed by atoms with E-state index in [0.717, 1.165) is 0 Å². The van der Waals surface area contributed by atoms with E-state index in [2.05, 4.69) is 15.5 Å². The van der Waals surface area contributed by atoms with Crippen LogP contribution in [0, 0.1) is 12.7 Å². The van der Waals surface area contributed by atoms with E-state index in [0.29, 0.717) is 24.8 Å². The van der Waals surface area contributed by atoms with Crippen molar-refractivity contribution in [2.45, 2.75) is 12.8 Å². The van der Waals surface area contributed by atoms with Crippen molar-refractivity contribution in [1.82, 2.24) is 15.0 Å². The van der Waals surface area contributed by atoms with Crippen LogP contribution in [0.1, 0.15) is 17.6 Å². The highest BCUT2D eigenvalue weighted by Crippen LogP contribution is 2.25. The Morgan fingerprint density at radius 2 is 1.89 bits per heavy atom. The molecule has 3 N–H and O–H groups in total. The number of aryl methyl sites for hydroxylation is 1. The molecule has 1 aliphatic rings. The average molecular weight is 380 g/mol. The van der Waals surface area contributed by atoms with Crippen LogP contribution in [0.15, 0.2) is 28.8 Å². The van der Waals surface area contributed by atoms with Gasteiger partial charge in [0.25, 0.3) is 0 Å². The van der Waals surface area contributed by atoms with Crippen molar-refractivity contribution in [3.63, 3.8) is 0 Å². The number of amides is 1. The molecular formula is C16H17FN4O6. The molecule has 3 rings (SSSR count). The van der Waals surface area contributed by atoms with Gasteiger partial charge in [-0.3, -0.25) is 9.69 Å². The van der Waals surface area contributed by atoms with E-state index in [9.17, 15) is 9.18 Å². The van der Waals surface area contributed by atoms with E-state index in [1.807, 2.05) is 4.90 Å². The van der Waals surface area contributed by atoms with E-state index in [1.165, 1.54) is 12.1 Å². The van der Waals surface area contributed by atoms with E-state index in [-0.39, 0.29) is 24.1 Å². The summed E-state index contributed by atoms with van der Waals surface area (Å²) >= 11 is 0. The molecule has 0 aliphatic carbocycles. The number of halogens is 1. The third-order valence-electron chi connectivity index (χ3n) is 3.55. The summed E-state index contributed by atoms with van der Waals surface area (Å²) in [5.41, 5.74) is 0.201. The van der Waals surface area contributed by atoms with Crippen LogP contribution in [-0.4, -0.2) is 62.7 Å². The number of rotatable bonds is 4. The smallest absolute Gasteiger partial charge is 0.414 e. The zero-order valence-corrected chi connectivity index (χ0v) is 14.3. The Bertz CT molecular complexity index is 822. The number of anilines is 1. The van der Waals surface area contributed by atoms with Gasteiger partial charge < -0.3 is 20.1 Å². The minimum Gasteiger partial charge on any atom is -0.473 e. The highest BCUT2D eigenvalue weighted by molar-refractivity contribution is 6.27. The molecule has 1 aliphatic heterocycles. The molecule has 144 valence electrons. The molecule has 27 heavy (non-hydrogen) atoms. The Kier molecular flexibility index (Phi) is 6.55. The molecule has 1 saturated heterocycles. The van der Waals surface area contributed by atoms with Crippen LogP contribution in [0.3, 0.4) is 0 Å². The molecule has 0 saturated carbocycles. The van der Waals surface area contributed by atoms with E-state index >= 15 is 0 Å². The fourth-order valence-corrected chi connectivity index (χ4v) is 2.29. The number of benzene rings is 1. The summed E-state index contributed by atoms with van der Waals surface area (Å²) in [5.74, 6) is -2.93. The summed E-state index contributed by atoms with van der Waals surface area (Å²) in [6, 6.07) is 6.11. The zero-order chi connectivity index (χ0) is 20.0. The highest BCUT2D eigenvalue weighted by atomic mass is 19.1. The minimum absolute atomic E-state index is 0.174. The van der Waals surface area contributed by atoms with E-state index in [1.54, 1.807) is 19.1 Å². The number of nitrogens with zero attached hydrogens (tertiary/aromatic N) is 3. The molecule has 1 amide bonds. The summed E-state index contributed by atoms with van der Waals surface area (Å²) in [4.78, 5) is 36.2. The first-order valence-corrected chi connectivity index (χ1v) is 7.79. The number of hydrogen-bond donors (Lipinski definition) is 3. The van der Waals surface area contributed by atoms with Gasteiger partial charge in [-0.1, -0.05) is 17.3 Å². The van der Waals surface area contributed by atoms with Gasteiger partial charge in [0.1, 0.15) is 5.82 Å². The maximum Gasteiger partial charge on any atom is 0.414 e. The number of hydrogen-bond acceptors (Lipinski definition) is 7. The first-order valence-electron chi connectivity index (χ1n) is 7.79. The normalized spacial score (nSPS) is 13.9. The third kappa shape index (κ3) is 5.85. The molecule has 0 unspecified atom stereocenters. The highest BCUT2D eigenvalue weighted by Gasteiger charge is 2.33. The number of carboxylic acids is 2. The zero-order valence-electron chi connectivity index (χ0n) is 14.3. The molecule has 0 spiro atoms. The molecule has 2 heterocycles. The summed E-state index contributed by atoms with van der Waals surface area (Å²) in [7, 11) is 0. The molecule has 0 radical (unpaired) electrons. The predicted molar refractivity (Wildman–Crippen MR) is 88.5 cm³/mol. The van der Waals surface area contributed by atoms with Crippen molar-refractivity contribution in [3.05, 3.63) is 41.8 Å². The van der Waals surface area contributed by atoms with Crippen molar-refractivity contribution in [2.24, 2.45) is 0 Å². The van der Waals surface area contributed by atoms with Crippen LogP contribution in [0.5, 0.6) is 0 Å². The number of aromatic nitrogens is 2. The molecule has 0 bridgehead atoms. The predicted octanol–water partition coefficient (Wildman–Crippen LogP) is 0.711. The fourth-order valence-electron chi connectivity index (χ4n) is 2.29. The van der Waals surface area contributed by atoms with Crippen LogP contribution in [0.2, 0.25) is 0 Å². The maximum absolute atomic E-state index is 13.4. The van der Waals surface area contributed by atoms with Crippen LogP contribution in [-0.2, 0) is 14.4 Å². The maximum atomic E-state index is 13.4. The monoisotopic (exact) mass is 380 g/mol. The minimum atomic E-state index is -1.82. The van der Waals surface area contributed by atoms with Gasteiger partial charge >= 0.3 is 11.9 Å². The number of carbonyl (C=O) groups is 3. The lowest BCUT2D eigenvalue weighted by Gasteiger charge is -2.36.